The van der Waals surface area contributed by atoms with Crippen LogP contribution in [0.15, 0.2) is 30.9 Å². The lowest BCUT2D eigenvalue weighted by Gasteiger charge is -2.22. The van der Waals surface area contributed by atoms with Crippen molar-refractivity contribution in [2.45, 2.75) is 59.2 Å². The molecule has 0 aliphatic heterocycles. The second kappa shape index (κ2) is 8.08. The Morgan fingerprint density at radius 1 is 1.33 bits per heavy atom. The number of hydrogen-bond donors (Lipinski definition) is 1. The zero-order chi connectivity index (χ0) is 15.9. The van der Waals surface area contributed by atoms with E-state index in [-0.39, 0.29) is 11.6 Å². The Morgan fingerprint density at radius 3 is 2.62 bits per heavy atom. The van der Waals surface area contributed by atoms with Crippen LogP contribution in [-0.4, -0.2) is 18.2 Å². The van der Waals surface area contributed by atoms with E-state index >= 15 is 0 Å². The maximum atomic E-state index is 5.94. The Kier molecular flexibility index (Phi) is 6.76. The molecule has 3 heteroatoms. The summed E-state index contributed by atoms with van der Waals surface area (Å²) in [7, 11) is 0. The topological polar surface area (TPSA) is 30.5 Å². The molecule has 1 unspecified atom stereocenters. The molecule has 0 aromatic heterocycles. The van der Waals surface area contributed by atoms with Crippen LogP contribution in [-0.2, 0) is 6.54 Å². The molecule has 1 N–H and O–H groups in total. The van der Waals surface area contributed by atoms with E-state index in [2.05, 4.69) is 45.7 Å². The van der Waals surface area contributed by atoms with Gasteiger partial charge in [-0.3, -0.25) is 0 Å². The molecule has 1 aromatic rings. The summed E-state index contributed by atoms with van der Waals surface area (Å²) < 4.78 is 11.6. The smallest absolute Gasteiger partial charge is 0.128 e. The minimum Gasteiger partial charge on any atom is -0.493 e. The Labute approximate surface area is 129 Å². The number of rotatable bonds is 8. The summed E-state index contributed by atoms with van der Waals surface area (Å²) >= 11 is 0. The SMILES string of the molecule is C=CC(C)Oc1cc(OCCC)ccc1CNC(C)(C)C. The number of hydrogen-bond acceptors (Lipinski definition) is 3. The normalized spacial score (nSPS) is 12.8. The highest BCUT2D eigenvalue weighted by Gasteiger charge is 2.13. The van der Waals surface area contributed by atoms with E-state index in [0.717, 1.165) is 36.6 Å². The standard InChI is InChI=1S/C18H29NO2/c1-7-11-20-16-10-9-15(13-19-18(4,5)6)17(12-16)21-14(3)8-2/h8-10,12,14,19H,2,7,11,13H2,1,3-6H3. The minimum atomic E-state index is -0.0280. The van der Waals surface area contributed by atoms with Crippen molar-refractivity contribution in [1.29, 1.82) is 0 Å². The number of ether oxygens (including phenoxy) is 2. The van der Waals surface area contributed by atoms with Gasteiger partial charge in [0.15, 0.2) is 0 Å². The lowest BCUT2D eigenvalue weighted by atomic mass is 10.1. The Balaban J connectivity index is 2.90. The van der Waals surface area contributed by atoms with Crippen molar-refractivity contribution in [3.63, 3.8) is 0 Å². The fourth-order valence-corrected chi connectivity index (χ4v) is 1.71. The van der Waals surface area contributed by atoms with Crippen molar-refractivity contribution in [2.24, 2.45) is 0 Å². The zero-order valence-electron chi connectivity index (χ0n) is 14.0. The third-order valence-electron chi connectivity index (χ3n) is 2.97. The molecule has 118 valence electrons. The van der Waals surface area contributed by atoms with Gasteiger partial charge < -0.3 is 14.8 Å². The molecule has 1 rings (SSSR count). The van der Waals surface area contributed by atoms with Crippen molar-refractivity contribution in [3.05, 3.63) is 36.4 Å². The van der Waals surface area contributed by atoms with Crippen LogP contribution in [0.4, 0.5) is 0 Å². The summed E-state index contributed by atoms with van der Waals surface area (Å²) in [6, 6.07) is 6.03. The minimum absolute atomic E-state index is 0.0280. The van der Waals surface area contributed by atoms with Crippen molar-refractivity contribution < 1.29 is 9.47 Å². The average Bonchev–Trinajstić information content (AvgIpc) is 2.43. The molecular weight excluding hydrogens is 262 g/mol. The fourth-order valence-electron chi connectivity index (χ4n) is 1.71. The maximum Gasteiger partial charge on any atom is 0.128 e. The molecule has 0 amide bonds. The number of benzene rings is 1. The lowest BCUT2D eigenvalue weighted by molar-refractivity contribution is 0.261. The molecule has 1 atom stereocenters. The summed E-state index contributed by atoms with van der Waals surface area (Å²) in [5.74, 6) is 1.70. The molecule has 1 aromatic carbocycles. The van der Waals surface area contributed by atoms with E-state index < -0.39 is 0 Å². The predicted octanol–water partition coefficient (Wildman–Crippen LogP) is 4.32. The first-order valence-corrected chi connectivity index (χ1v) is 7.65. The van der Waals surface area contributed by atoms with Crippen molar-refractivity contribution in [3.8, 4) is 11.5 Å². The van der Waals surface area contributed by atoms with Gasteiger partial charge in [-0.2, -0.15) is 0 Å². The van der Waals surface area contributed by atoms with Gasteiger partial charge in [-0.25, -0.2) is 0 Å². The molecular formula is C18H29NO2. The predicted molar refractivity (Wildman–Crippen MR) is 89.1 cm³/mol. The molecule has 21 heavy (non-hydrogen) atoms. The highest BCUT2D eigenvalue weighted by Crippen LogP contribution is 2.26. The van der Waals surface area contributed by atoms with Crippen LogP contribution >= 0.6 is 0 Å². The molecule has 0 aliphatic carbocycles. The zero-order valence-corrected chi connectivity index (χ0v) is 14.0. The first kappa shape index (κ1) is 17.6. The molecule has 3 nitrogen and oxygen atoms in total. The van der Waals surface area contributed by atoms with Crippen LogP contribution in [0.3, 0.4) is 0 Å². The van der Waals surface area contributed by atoms with Crippen molar-refractivity contribution in [2.75, 3.05) is 6.61 Å². The van der Waals surface area contributed by atoms with Gasteiger partial charge in [-0.05, 0) is 40.2 Å². The van der Waals surface area contributed by atoms with Crippen molar-refractivity contribution in [1.82, 2.24) is 5.32 Å². The second-order valence-corrected chi connectivity index (χ2v) is 6.28. The van der Waals surface area contributed by atoms with Gasteiger partial charge in [0.1, 0.15) is 17.6 Å². The Hall–Kier alpha value is -1.48. The van der Waals surface area contributed by atoms with E-state index in [9.17, 15) is 0 Å². The highest BCUT2D eigenvalue weighted by atomic mass is 16.5. The first-order valence-electron chi connectivity index (χ1n) is 7.65. The third kappa shape index (κ3) is 6.67. The van der Waals surface area contributed by atoms with Crippen LogP contribution in [0.2, 0.25) is 0 Å². The monoisotopic (exact) mass is 291 g/mol. The molecule has 0 radical (unpaired) electrons. The quantitative estimate of drug-likeness (QED) is 0.724. The first-order chi connectivity index (χ1) is 9.85. The van der Waals surface area contributed by atoms with E-state index in [1.165, 1.54) is 0 Å². The van der Waals surface area contributed by atoms with Crippen LogP contribution in [0.5, 0.6) is 11.5 Å². The van der Waals surface area contributed by atoms with Crippen LogP contribution in [0.25, 0.3) is 0 Å². The largest absolute Gasteiger partial charge is 0.493 e. The summed E-state index contributed by atoms with van der Waals surface area (Å²) in [4.78, 5) is 0. The molecule has 0 bridgehead atoms. The third-order valence-corrected chi connectivity index (χ3v) is 2.97. The summed E-state index contributed by atoms with van der Waals surface area (Å²) in [6.45, 7) is 15.8. The van der Waals surface area contributed by atoms with Gasteiger partial charge in [0, 0.05) is 23.7 Å². The average molecular weight is 291 g/mol. The molecule has 0 heterocycles. The maximum absolute atomic E-state index is 5.94. The van der Waals surface area contributed by atoms with Gasteiger partial charge >= 0.3 is 0 Å². The van der Waals surface area contributed by atoms with Gasteiger partial charge in [-0.1, -0.05) is 25.6 Å². The summed E-state index contributed by atoms with van der Waals surface area (Å²) in [6.07, 6.45) is 2.76. The molecule has 0 saturated carbocycles. The van der Waals surface area contributed by atoms with E-state index in [1.54, 1.807) is 6.08 Å². The van der Waals surface area contributed by atoms with E-state index in [1.807, 2.05) is 19.1 Å². The van der Waals surface area contributed by atoms with Crippen molar-refractivity contribution >= 4 is 0 Å². The van der Waals surface area contributed by atoms with E-state index in [0.29, 0.717) is 0 Å². The number of nitrogens with one attached hydrogen (secondary N) is 1. The van der Waals surface area contributed by atoms with Gasteiger partial charge in [0.05, 0.1) is 6.61 Å². The van der Waals surface area contributed by atoms with Crippen LogP contribution in [0, 0.1) is 0 Å². The van der Waals surface area contributed by atoms with Gasteiger partial charge in [0.25, 0.3) is 0 Å². The molecule has 0 fully saturated rings. The lowest BCUT2D eigenvalue weighted by Crippen LogP contribution is -2.35. The summed E-state index contributed by atoms with van der Waals surface area (Å²) in [5, 5.41) is 3.49. The Bertz CT molecular complexity index is 449. The molecule has 0 aliphatic rings. The Morgan fingerprint density at radius 2 is 2.05 bits per heavy atom. The van der Waals surface area contributed by atoms with Gasteiger partial charge in [0.2, 0.25) is 0 Å². The second-order valence-electron chi connectivity index (χ2n) is 6.28. The molecule has 0 saturated heterocycles. The summed E-state index contributed by atoms with van der Waals surface area (Å²) in [5.41, 5.74) is 1.20. The highest BCUT2D eigenvalue weighted by molar-refractivity contribution is 5.41. The molecule has 0 spiro atoms. The van der Waals surface area contributed by atoms with E-state index in [4.69, 9.17) is 9.47 Å². The van der Waals surface area contributed by atoms with Gasteiger partial charge in [-0.15, -0.1) is 0 Å². The fraction of sp³-hybridized carbons (Fsp3) is 0.556. The van der Waals surface area contributed by atoms with Crippen LogP contribution < -0.4 is 14.8 Å². The van der Waals surface area contributed by atoms with Crippen LogP contribution in [0.1, 0.15) is 46.6 Å².